The standard InChI is InChI=1S/C16H19BrN2O/c1-18-6-8-19(9-7-18)11-15-14-4-3-13(17)10-12(14)2-5-16(15)20/h2-5,10,20H,6-9,11H2,1H3/p+2. The van der Waals surface area contributed by atoms with Gasteiger partial charge in [-0.25, -0.2) is 0 Å². The summed E-state index contributed by atoms with van der Waals surface area (Å²) in [4.78, 5) is 3.18. The summed E-state index contributed by atoms with van der Waals surface area (Å²) in [7, 11) is 2.25. The summed E-state index contributed by atoms with van der Waals surface area (Å²) in [6, 6.07) is 10.1. The lowest BCUT2D eigenvalue weighted by atomic mass is 10.0. The van der Waals surface area contributed by atoms with E-state index in [1.54, 1.807) is 9.80 Å². The fraction of sp³-hybridized carbons (Fsp3) is 0.375. The van der Waals surface area contributed by atoms with Crippen LogP contribution in [0.4, 0.5) is 0 Å². The average molecular weight is 337 g/mol. The first-order valence-corrected chi connectivity index (χ1v) is 7.98. The Bertz CT molecular complexity index is 621. The van der Waals surface area contributed by atoms with Crippen molar-refractivity contribution in [2.75, 3.05) is 33.2 Å². The summed E-state index contributed by atoms with van der Waals surface area (Å²) in [5.41, 5.74) is 1.09. The molecule has 0 amide bonds. The first-order valence-electron chi connectivity index (χ1n) is 7.18. The summed E-state index contributed by atoms with van der Waals surface area (Å²) in [5, 5.41) is 12.6. The third kappa shape index (κ3) is 2.82. The number of hydrogen-bond donors (Lipinski definition) is 3. The van der Waals surface area contributed by atoms with Crippen molar-refractivity contribution in [2.24, 2.45) is 0 Å². The molecule has 1 aliphatic heterocycles. The zero-order valence-corrected chi connectivity index (χ0v) is 13.3. The van der Waals surface area contributed by atoms with E-state index >= 15 is 0 Å². The van der Waals surface area contributed by atoms with Crippen molar-refractivity contribution in [3.63, 3.8) is 0 Å². The molecule has 1 saturated heterocycles. The molecular weight excluding hydrogens is 316 g/mol. The van der Waals surface area contributed by atoms with Gasteiger partial charge in [0, 0.05) is 4.47 Å². The number of benzene rings is 2. The molecule has 3 N–H and O–H groups in total. The van der Waals surface area contributed by atoms with E-state index in [4.69, 9.17) is 0 Å². The maximum absolute atomic E-state index is 10.2. The molecule has 1 heterocycles. The largest absolute Gasteiger partial charge is 0.507 e. The fourth-order valence-corrected chi connectivity index (χ4v) is 3.38. The maximum Gasteiger partial charge on any atom is 0.127 e. The highest BCUT2D eigenvalue weighted by Crippen LogP contribution is 2.28. The van der Waals surface area contributed by atoms with E-state index in [1.165, 1.54) is 37.0 Å². The molecule has 20 heavy (non-hydrogen) atoms. The topological polar surface area (TPSA) is 29.1 Å². The third-order valence-corrected chi connectivity index (χ3v) is 4.80. The lowest BCUT2D eigenvalue weighted by Crippen LogP contribution is -3.26. The van der Waals surface area contributed by atoms with Crippen LogP contribution in [0.5, 0.6) is 5.75 Å². The quantitative estimate of drug-likeness (QED) is 0.719. The number of hydrogen-bond acceptors (Lipinski definition) is 1. The average Bonchev–Trinajstić information content (AvgIpc) is 2.44. The molecule has 2 aromatic rings. The molecule has 106 valence electrons. The van der Waals surface area contributed by atoms with Gasteiger partial charge in [-0.05, 0) is 29.0 Å². The van der Waals surface area contributed by atoms with Gasteiger partial charge < -0.3 is 14.9 Å². The van der Waals surface area contributed by atoms with E-state index in [1.807, 2.05) is 12.1 Å². The van der Waals surface area contributed by atoms with Crippen LogP contribution in [0.15, 0.2) is 34.8 Å². The van der Waals surface area contributed by atoms with Crippen molar-refractivity contribution >= 4 is 26.7 Å². The Morgan fingerprint density at radius 3 is 2.60 bits per heavy atom. The van der Waals surface area contributed by atoms with E-state index < -0.39 is 0 Å². The minimum Gasteiger partial charge on any atom is -0.507 e. The number of phenolic OH excluding ortho intramolecular Hbond substituents is 1. The van der Waals surface area contributed by atoms with Crippen LogP contribution in [-0.4, -0.2) is 38.3 Å². The van der Waals surface area contributed by atoms with Crippen LogP contribution in [-0.2, 0) is 6.54 Å². The molecule has 0 spiro atoms. The molecule has 1 aliphatic rings. The second-order valence-corrected chi connectivity index (χ2v) is 6.73. The summed E-state index contributed by atoms with van der Waals surface area (Å²) < 4.78 is 1.08. The van der Waals surface area contributed by atoms with E-state index in [2.05, 4.69) is 41.2 Å². The van der Waals surface area contributed by atoms with Gasteiger partial charge >= 0.3 is 0 Å². The lowest BCUT2D eigenvalue weighted by molar-refractivity contribution is -1.01. The van der Waals surface area contributed by atoms with Gasteiger partial charge in [0.2, 0.25) is 0 Å². The molecule has 0 atom stereocenters. The smallest absolute Gasteiger partial charge is 0.127 e. The fourth-order valence-electron chi connectivity index (χ4n) is 3.00. The molecule has 0 saturated carbocycles. The lowest BCUT2D eigenvalue weighted by Gasteiger charge is -2.27. The Labute approximate surface area is 127 Å². The van der Waals surface area contributed by atoms with E-state index in [9.17, 15) is 5.11 Å². The summed E-state index contributed by atoms with van der Waals surface area (Å²) in [6.07, 6.45) is 0. The molecule has 0 radical (unpaired) electrons. The van der Waals surface area contributed by atoms with Gasteiger partial charge in [0.05, 0.1) is 12.6 Å². The van der Waals surface area contributed by atoms with Crippen molar-refractivity contribution in [1.29, 1.82) is 0 Å². The maximum atomic E-state index is 10.2. The molecule has 2 aromatic carbocycles. The van der Waals surface area contributed by atoms with Gasteiger partial charge in [0.15, 0.2) is 0 Å². The Kier molecular flexibility index (Phi) is 3.96. The number of quaternary nitrogens is 2. The summed E-state index contributed by atoms with van der Waals surface area (Å²) in [6.45, 7) is 5.70. The predicted octanol–water partition coefficient (Wildman–Crippen LogP) is 0.221. The number of likely N-dealkylation sites (N-methyl/N-ethyl adjacent to an activating group) is 1. The van der Waals surface area contributed by atoms with Crippen molar-refractivity contribution in [1.82, 2.24) is 0 Å². The number of rotatable bonds is 2. The van der Waals surface area contributed by atoms with Gasteiger partial charge in [0.1, 0.15) is 38.5 Å². The second kappa shape index (κ2) is 5.72. The number of aromatic hydroxyl groups is 1. The van der Waals surface area contributed by atoms with E-state index in [0.717, 1.165) is 16.6 Å². The second-order valence-electron chi connectivity index (χ2n) is 5.81. The first kappa shape index (κ1) is 13.9. The van der Waals surface area contributed by atoms with Crippen LogP contribution in [0.25, 0.3) is 10.8 Å². The third-order valence-electron chi connectivity index (χ3n) is 4.31. The van der Waals surface area contributed by atoms with Crippen LogP contribution >= 0.6 is 15.9 Å². The van der Waals surface area contributed by atoms with Crippen LogP contribution in [0.2, 0.25) is 0 Å². The number of nitrogens with one attached hydrogen (secondary N) is 2. The number of fused-ring (bicyclic) bond motifs is 1. The molecule has 0 bridgehead atoms. The molecule has 1 fully saturated rings. The van der Waals surface area contributed by atoms with E-state index in [-0.39, 0.29) is 0 Å². The SMILES string of the molecule is C[NH+]1CC[NH+](Cc2c(O)ccc3cc(Br)ccc23)CC1. The van der Waals surface area contributed by atoms with E-state index in [0.29, 0.717) is 5.75 Å². The van der Waals surface area contributed by atoms with Crippen LogP contribution in [0, 0.1) is 0 Å². The highest BCUT2D eigenvalue weighted by Gasteiger charge is 2.22. The van der Waals surface area contributed by atoms with Gasteiger partial charge in [-0.15, -0.1) is 0 Å². The normalized spacial score (nSPS) is 23.1. The molecule has 4 heteroatoms. The monoisotopic (exact) mass is 336 g/mol. The van der Waals surface area contributed by atoms with Crippen molar-refractivity contribution in [3.05, 3.63) is 40.4 Å². The first-order chi connectivity index (χ1) is 9.63. The molecule has 3 nitrogen and oxygen atoms in total. The van der Waals surface area contributed by atoms with Gasteiger partial charge in [-0.1, -0.05) is 28.1 Å². The van der Waals surface area contributed by atoms with Crippen LogP contribution in [0.3, 0.4) is 0 Å². The zero-order valence-electron chi connectivity index (χ0n) is 11.7. The van der Waals surface area contributed by atoms with Crippen LogP contribution < -0.4 is 9.80 Å². The number of halogens is 1. The highest BCUT2D eigenvalue weighted by molar-refractivity contribution is 9.10. The zero-order chi connectivity index (χ0) is 14.1. The summed E-state index contributed by atoms with van der Waals surface area (Å²) in [5.74, 6) is 0.429. The molecule has 0 unspecified atom stereocenters. The minimum absolute atomic E-state index is 0.429. The Morgan fingerprint density at radius 1 is 1.10 bits per heavy atom. The molecule has 3 rings (SSSR count). The molecule has 0 aromatic heterocycles. The Hall–Kier alpha value is -1.10. The van der Waals surface area contributed by atoms with Crippen molar-refractivity contribution in [3.8, 4) is 5.75 Å². The molecular formula is C16H21BrN2O+2. The van der Waals surface area contributed by atoms with Crippen LogP contribution in [0.1, 0.15) is 5.56 Å². The predicted molar refractivity (Wildman–Crippen MR) is 84.3 cm³/mol. The Balaban J connectivity index is 1.92. The Morgan fingerprint density at radius 2 is 1.85 bits per heavy atom. The minimum atomic E-state index is 0.429. The van der Waals surface area contributed by atoms with Crippen molar-refractivity contribution in [2.45, 2.75) is 6.54 Å². The van der Waals surface area contributed by atoms with Crippen molar-refractivity contribution < 1.29 is 14.9 Å². The number of phenols is 1. The number of piperazine rings is 1. The van der Waals surface area contributed by atoms with Gasteiger partial charge in [-0.3, -0.25) is 0 Å². The molecule has 0 aliphatic carbocycles. The van der Waals surface area contributed by atoms with Gasteiger partial charge in [0.25, 0.3) is 0 Å². The van der Waals surface area contributed by atoms with Gasteiger partial charge in [-0.2, -0.15) is 0 Å². The summed E-state index contributed by atoms with van der Waals surface area (Å²) >= 11 is 3.51. The highest BCUT2D eigenvalue weighted by atomic mass is 79.9.